The third-order valence-electron chi connectivity index (χ3n) is 1.93. The molecule has 0 fully saturated rings. The van der Waals surface area contributed by atoms with Gasteiger partial charge >= 0.3 is 0 Å². The van der Waals surface area contributed by atoms with Crippen LogP contribution in [0, 0.1) is 0 Å². The fraction of sp³-hybridized carbons (Fsp3) is 0.182. The zero-order valence-electron chi connectivity index (χ0n) is 9.15. The standard InChI is InChI=1S/C11H13N3O2/c1-3-13-14-11(16)9-6-4-8(5-7-9)10(15)12-2/h3-7H,1-2H3,(H,12,15)(H,14,16)/b13-3-. The van der Waals surface area contributed by atoms with Crippen molar-refractivity contribution < 1.29 is 9.59 Å². The monoisotopic (exact) mass is 219 g/mol. The lowest BCUT2D eigenvalue weighted by atomic mass is 10.1. The molecule has 5 nitrogen and oxygen atoms in total. The molecule has 0 heterocycles. The minimum atomic E-state index is -0.304. The summed E-state index contributed by atoms with van der Waals surface area (Å²) in [7, 11) is 1.55. The van der Waals surface area contributed by atoms with E-state index < -0.39 is 0 Å². The van der Waals surface area contributed by atoms with Gasteiger partial charge in [0.2, 0.25) is 0 Å². The van der Waals surface area contributed by atoms with E-state index in [0.717, 1.165) is 0 Å². The van der Waals surface area contributed by atoms with E-state index in [9.17, 15) is 9.59 Å². The van der Waals surface area contributed by atoms with Crippen LogP contribution in [0.1, 0.15) is 27.6 Å². The molecule has 0 aliphatic rings. The second kappa shape index (κ2) is 5.65. The molecule has 1 aromatic carbocycles. The first kappa shape index (κ1) is 11.9. The number of carbonyl (C=O) groups is 2. The van der Waals surface area contributed by atoms with Crippen LogP contribution in [0.2, 0.25) is 0 Å². The first-order valence-electron chi connectivity index (χ1n) is 4.79. The van der Waals surface area contributed by atoms with Crippen molar-refractivity contribution in [3.05, 3.63) is 35.4 Å². The van der Waals surface area contributed by atoms with Crippen molar-refractivity contribution in [2.75, 3.05) is 7.05 Å². The molecule has 5 heteroatoms. The van der Waals surface area contributed by atoms with Crippen molar-refractivity contribution in [1.82, 2.24) is 10.7 Å². The maximum atomic E-state index is 11.4. The maximum Gasteiger partial charge on any atom is 0.271 e. The highest BCUT2D eigenvalue weighted by Gasteiger charge is 2.06. The third kappa shape index (κ3) is 2.91. The van der Waals surface area contributed by atoms with Crippen LogP contribution in [0.15, 0.2) is 29.4 Å². The Morgan fingerprint density at radius 3 is 2.06 bits per heavy atom. The molecule has 0 spiro atoms. The Kier molecular flexibility index (Phi) is 4.20. The van der Waals surface area contributed by atoms with Crippen LogP contribution in [0.25, 0.3) is 0 Å². The van der Waals surface area contributed by atoms with Crippen LogP contribution in [-0.2, 0) is 0 Å². The van der Waals surface area contributed by atoms with Crippen molar-refractivity contribution in [3.63, 3.8) is 0 Å². The topological polar surface area (TPSA) is 70.6 Å². The lowest BCUT2D eigenvalue weighted by Crippen LogP contribution is -2.19. The fourth-order valence-electron chi connectivity index (χ4n) is 1.11. The molecule has 84 valence electrons. The first-order chi connectivity index (χ1) is 7.69. The third-order valence-corrected chi connectivity index (χ3v) is 1.93. The van der Waals surface area contributed by atoms with E-state index >= 15 is 0 Å². The first-order valence-corrected chi connectivity index (χ1v) is 4.79. The number of hydrogen-bond donors (Lipinski definition) is 2. The fourth-order valence-corrected chi connectivity index (χ4v) is 1.11. The molecule has 0 aliphatic heterocycles. The molecule has 0 aromatic heterocycles. The summed E-state index contributed by atoms with van der Waals surface area (Å²) in [5.41, 5.74) is 3.31. The average Bonchev–Trinajstić information content (AvgIpc) is 2.35. The Hall–Kier alpha value is -2.17. The molecule has 0 saturated heterocycles. The van der Waals surface area contributed by atoms with Gasteiger partial charge in [-0.1, -0.05) is 0 Å². The second-order valence-electron chi connectivity index (χ2n) is 2.98. The Labute approximate surface area is 93.5 Å². The summed E-state index contributed by atoms with van der Waals surface area (Å²) >= 11 is 0. The van der Waals surface area contributed by atoms with Gasteiger partial charge in [0.05, 0.1) is 0 Å². The molecule has 2 N–H and O–H groups in total. The Morgan fingerprint density at radius 2 is 1.62 bits per heavy atom. The van der Waals surface area contributed by atoms with Crippen LogP contribution in [0.4, 0.5) is 0 Å². The molecule has 0 aliphatic carbocycles. The summed E-state index contributed by atoms with van der Waals surface area (Å²) in [4.78, 5) is 22.7. The minimum Gasteiger partial charge on any atom is -0.355 e. The lowest BCUT2D eigenvalue weighted by Gasteiger charge is -2.02. The number of rotatable bonds is 3. The minimum absolute atomic E-state index is 0.182. The zero-order valence-corrected chi connectivity index (χ0v) is 9.15. The van der Waals surface area contributed by atoms with Crippen LogP contribution >= 0.6 is 0 Å². The van der Waals surface area contributed by atoms with Gasteiger partial charge in [-0.05, 0) is 31.2 Å². The van der Waals surface area contributed by atoms with Gasteiger partial charge in [0, 0.05) is 24.4 Å². The van der Waals surface area contributed by atoms with Gasteiger partial charge in [0.15, 0.2) is 0 Å². The quantitative estimate of drug-likeness (QED) is 0.582. The Balaban J connectivity index is 2.78. The molecule has 0 radical (unpaired) electrons. The molecule has 2 amide bonds. The predicted molar refractivity (Wildman–Crippen MR) is 61.5 cm³/mol. The van der Waals surface area contributed by atoms with Gasteiger partial charge in [0.1, 0.15) is 0 Å². The Bertz CT molecular complexity index is 410. The largest absolute Gasteiger partial charge is 0.355 e. The summed E-state index contributed by atoms with van der Waals surface area (Å²) in [5.74, 6) is -0.486. The van der Waals surface area contributed by atoms with Crippen LogP contribution < -0.4 is 10.7 Å². The number of hydrazone groups is 1. The van der Waals surface area contributed by atoms with E-state index in [1.807, 2.05) is 0 Å². The number of amides is 2. The van der Waals surface area contributed by atoms with E-state index in [2.05, 4.69) is 15.8 Å². The van der Waals surface area contributed by atoms with Crippen molar-refractivity contribution in [3.8, 4) is 0 Å². The average molecular weight is 219 g/mol. The molecular formula is C11H13N3O2. The van der Waals surface area contributed by atoms with Gasteiger partial charge < -0.3 is 5.32 Å². The molecule has 1 aromatic rings. The predicted octanol–water partition coefficient (Wildman–Crippen LogP) is 0.782. The van der Waals surface area contributed by atoms with E-state index in [1.54, 1.807) is 38.2 Å². The Morgan fingerprint density at radius 1 is 1.12 bits per heavy atom. The van der Waals surface area contributed by atoms with E-state index in [-0.39, 0.29) is 11.8 Å². The van der Waals surface area contributed by atoms with Gasteiger partial charge in [0.25, 0.3) is 11.8 Å². The van der Waals surface area contributed by atoms with Crippen LogP contribution in [0.5, 0.6) is 0 Å². The highest BCUT2D eigenvalue weighted by molar-refractivity contribution is 5.97. The van der Waals surface area contributed by atoms with E-state index in [1.165, 1.54) is 6.21 Å². The molecule has 0 saturated carbocycles. The number of carbonyl (C=O) groups excluding carboxylic acids is 2. The number of benzene rings is 1. The maximum absolute atomic E-state index is 11.4. The lowest BCUT2D eigenvalue weighted by molar-refractivity contribution is 0.0946. The van der Waals surface area contributed by atoms with Crippen molar-refractivity contribution >= 4 is 18.0 Å². The summed E-state index contributed by atoms with van der Waals surface area (Å²) in [5, 5.41) is 6.12. The SMILES string of the molecule is C/C=N\NC(=O)c1ccc(C(=O)NC)cc1. The van der Waals surface area contributed by atoms with Crippen LogP contribution in [-0.4, -0.2) is 25.1 Å². The number of hydrogen-bond acceptors (Lipinski definition) is 3. The summed E-state index contributed by atoms with van der Waals surface area (Å²) in [6, 6.07) is 6.32. The van der Waals surface area contributed by atoms with Crippen molar-refractivity contribution in [2.24, 2.45) is 5.10 Å². The van der Waals surface area contributed by atoms with E-state index in [4.69, 9.17) is 0 Å². The molecule has 1 rings (SSSR count). The van der Waals surface area contributed by atoms with Crippen LogP contribution in [0.3, 0.4) is 0 Å². The normalized spacial score (nSPS) is 10.1. The van der Waals surface area contributed by atoms with E-state index in [0.29, 0.717) is 11.1 Å². The highest BCUT2D eigenvalue weighted by Crippen LogP contribution is 2.04. The van der Waals surface area contributed by atoms with Gasteiger partial charge in [-0.2, -0.15) is 5.10 Å². The summed E-state index contributed by atoms with van der Waals surface area (Å²) < 4.78 is 0. The smallest absolute Gasteiger partial charge is 0.271 e. The molecular weight excluding hydrogens is 206 g/mol. The molecule has 0 unspecified atom stereocenters. The zero-order chi connectivity index (χ0) is 12.0. The second-order valence-corrected chi connectivity index (χ2v) is 2.98. The molecule has 0 atom stereocenters. The van der Waals surface area contributed by atoms with Crippen molar-refractivity contribution in [1.29, 1.82) is 0 Å². The summed E-state index contributed by atoms with van der Waals surface area (Å²) in [6.45, 7) is 1.70. The van der Waals surface area contributed by atoms with Gasteiger partial charge in [-0.3, -0.25) is 9.59 Å². The summed E-state index contributed by atoms with van der Waals surface area (Å²) in [6.07, 6.45) is 1.48. The number of nitrogens with zero attached hydrogens (tertiary/aromatic N) is 1. The number of nitrogens with one attached hydrogen (secondary N) is 2. The van der Waals surface area contributed by atoms with Crippen molar-refractivity contribution in [2.45, 2.75) is 6.92 Å². The van der Waals surface area contributed by atoms with Gasteiger partial charge in [-0.15, -0.1) is 0 Å². The highest BCUT2D eigenvalue weighted by atomic mass is 16.2. The molecule has 16 heavy (non-hydrogen) atoms. The molecule has 0 bridgehead atoms. The van der Waals surface area contributed by atoms with Gasteiger partial charge in [-0.25, -0.2) is 5.43 Å².